The van der Waals surface area contributed by atoms with Gasteiger partial charge in [-0.3, -0.25) is 14.5 Å². The Balaban J connectivity index is 1.49. The smallest absolute Gasteiger partial charge is 0.275 e. The van der Waals surface area contributed by atoms with Gasteiger partial charge in [0.05, 0.1) is 25.0 Å². The van der Waals surface area contributed by atoms with Gasteiger partial charge in [0.1, 0.15) is 11.4 Å². The zero-order chi connectivity index (χ0) is 23.4. The number of ether oxygens (including phenoxy) is 1. The Morgan fingerprint density at radius 3 is 2.82 bits per heavy atom. The van der Waals surface area contributed by atoms with Crippen molar-refractivity contribution >= 4 is 28.3 Å². The molecule has 1 aromatic carbocycles. The number of methoxy groups -OCH3 is 1. The van der Waals surface area contributed by atoms with Crippen LogP contribution < -0.4 is 20.3 Å². The number of nitrogens with zero attached hydrogens (tertiary/aromatic N) is 3. The molecule has 0 atom stereocenters. The normalized spacial score (nSPS) is 16.6. The van der Waals surface area contributed by atoms with E-state index >= 15 is 0 Å². The fourth-order valence-corrected chi connectivity index (χ4v) is 4.73. The van der Waals surface area contributed by atoms with E-state index in [1.54, 1.807) is 35.6 Å². The molecule has 0 unspecified atom stereocenters. The van der Waals surface area contributed by atoms with Gasteiger partial charge in [0.15, 0.2) is 5.13 Å². The number of aromatic nitrogens is 1. The lowest BCUT2D eigenvalue weighted by atomic mass is 10.1. The largest absolute Gasteiger partial charge is 0.497 e. The van der Waals surface area contributed by atoms with Crippen molar-refractivity contribution in [1.82, 2.24) is 20.5 Å². The van der Waals surface area contributed by atoms with Crippen LogP contribution in [-0.2, 0) is 6.54 Å². The molecule has 1 aromatic heterocycles. The first kappa shape index (κ1) is 22.8. The number of piperazine rings is 1. The molecule has 0 spiro atoms. The summed E-state index contributed by atoms with van der Waals surface area (Å²) in [6.45, 7) is 9.55. The fourth-order valence-electron chi connectivity index (χ4n) is 3.92. The standard InChI is InChI=1S/C24H27N5O3S/c1-4-6-21(28-11-9-25-10-12-28)19(5-2)26-22(30)20-15-33-24(27-20)29-14-16-13-17(32-3)7-8-18(16)23(29)31/h4-8,13,15,25H,1,9-12,14H2,2-3H3,(H,26,30)/b19-5+,21-6+. The van der Waals surface area contributed by atoms with Crippen molar-refractivity contribution in [2.24, 2.45) is 0 Å². The highest BCUT2D eigenvalue weighted by atomic mass is 32.1. The first-order valence-corrected chi connectivity index (χ1v) is 11.6. The van der Waals surface area contributed by atoms with Gasteiger partial charge in [0.25, 0.3) is 11.8 Å². The lowest BCUT2D eigenvalue weighted by Gasteiger charge is -2.32. The van der Waals surface area contributed by atoms with Gasteiger partial charge in [-0.15, -0.1) is 11.3 Å². The molecule has 8 nitrogen and oxygen atoms in total. The molecule has 4 rings (SSSR count). The minimum atomic E-state index is -0.318. The maximum absolute atomic E-state index is 13.0. The molecular formula is C24H27N5O3S. The number of amides is 2. The Kier molecular flexibility index (Phi) is 6.90. The summed E-state index contributed by atoms with van der Waals surface area (Å²) in [6, 6.07) is 5.39. The molecule has 33 heavy (non-hydrogen) atoms. The Bertz CT molecular complexity index is 1130. The van der Waals surface area contributed by atoms with Crippen molar-refractivity contribution in [2.75, 3.05) is 38.2 Å². The second kappa shape index (κ2) is 10.0. The molecule has 1 fully saturated rings. The van der Waals surface area contributed by atoms with Crippen LogP contribution in [0.25, 0.3) is 0 Å². The zero-order valence-corrected chi connectivity index (χ0v) is 19.6. The van der Waals surface area contributed by atoms with E-state index in [0.29, 0.717) is 28.7 Å². The molecule has 1 saturated heterocycles. The number of anilines is 1. The first-order chi connectivity index (χ1) is 16.0. The third-order valence-electron chi connectivity index (χ3n) is 5.62. The van der Waals surface area contributed by atoms with Gasteiger partial charge >= 0.3 is 0 Å². The minimum Gasteiger partial charge on any atom is -0.497 e. The lowest BCUT2D eigenvalue weighted by Crippen LogP contribution is -2.44. The van der Waals surface area contributed by atoms with Crippen LogP contribution in [0.3, 0.4) is 0 Å². The van der Waals surface area contributed by atoms with Crippen molar-refractivity contribution < 1.29 is 14.3 Å². The van der Waals surface area contributed by atoms with E-state index in [1.165, 1.54) is 11.3 Å². The van der Waals surface area contributed by atoms with Crippen LogP contribution in [0.15, 0.2) is 59.8 Å². The monoisotopic (exact) mass is 465 g/mol. The molecule has 0 bridgehead atoms. The second-order valence-corrected chi connectivity index (χ2v) is 8.45. The Labute approximate surface area is 197 Å². The van der Waals surface area contributed by atoms with Crippen LogP contribution in [0.4, 0.5) is 5.13 Å². The number of hydrogen-bond acceptors (Lipinski definition) is 7. The third kappa shape index (κ3) is 4.69. The minimum absolute atomic E-state index is 0.127. The number of carbonyl (C=O) groups is 2. The van der Waals surface area contributed by atoms with E-state index in [-0.39, 0.29) is 17.5 Å². The molecule has 0 saturated carbocycles. The van der Waals surface area contributed by atoms with Crippen molar-refractivity contribution in [3.63, 3.8) is 0 Å². The highest BCUT2D eigenvalue weighted by Crippen LogP contribution is 2.32. The second-order valence-electron chi connectivity index (χ2n) is 7.61. The number of allylic oxidation sites excluding steroid dienone is 3. The van der Waals surface area contributed by atoms with Gasteiger partial charge in [-0.05, 0) is 36.8 Å². The Morgan fingerprint density at radius 2 is 2.12 bits per heavy atom. The van der Waals surface area contributed by atoms with E-state index in [2.05, 4.69) is 27.1 Å². The Morgan fingerprint density at radius 1 is 1.33 bits per heavy atom. The van der Waals surface area contributed by atoms with Crippen LogP contribution in [0.2, 0.25) is 0 Å². The van der Waals surface area contributed by atoms with E-state index in [1.807, 2.05) is 25.1 Å². The van der Waals surface area contributed by atoms with E-state index in [4.69, 9.17) is 4.74 Å². The summed E-state index contributed by atoms with van der Waals surface area (Å²) in [4.78, 5) is 34.1. The molecular weight excluding hydrogens is 438 g/mol. The van der Waals surface area contributed by atoms with Crippen LogP contribution in [0.1, 0.15) is 33.3 Å². The molecule has 9 heteroatoms. The van der Waals surface area contributed by atoms with Crippen LogP contribution in [0.5, 0.6) is 5.75 Å². The summed E-state index contributed by atoms with van der Waals surface area (Å²) >= 11 is 1.27. The molecule has 2 N–H and O–H groups in total. The number of carbonyl (C=O) groups excluding carboxylic acids is 2. The van der Waals surface area contributed by atoms with E-state index < -0.39 is 0 Å². The van der Waals surface area contributed by atoms with Gasteiger partial charge < -0.3 is 20.3 Å². The molecule has 2 aliphatic rings. The van der Waals surface area contributed by atoms with E-state index in [0.717, 1.165) is 37.4 Å². The molecule has 0 aliphatic carbocycles. The molecule has 2 aromatic rings. The average molecular weight is 466 g/mol. The van der Waals surface area contributed by atoms with Gasteiger partial charge in [-0.2, -0.15) is 0 Å². The predicted octanol–water partition coefficient (Wildman–Crippen LogP) is 2.92. The highest BCUT2D eigenvalue weighted by molar-refractivity contribution is 7.14. The Hall–Kier alpha value is -3.43. The number of rotatable bonds is 7. The van der Waals surface area contributed by atoms with Gasteiger partial charge in [0, 0.05) is 37.1 Å². The van der Waals surface area contributed by atoms with Crippen LogP contribution in [-0.4, -0.2) is 55.0 Å². The number of nitrogens with one attached hydrogen (secondary N) is 2. The molecule has 2 aliphatic heterocycles. The van der Waals surface area contributed by atoms with Crippen LogP contribution >= 0.6 is 11.3 Å². The zero-order valence-electron chi connectivity index (χ0n) is 18.8. The number of benzene rings is 1. The molecule has 3 heterocycles. The summed E-state index contributed by atoms with van der Waals surface area (Å²) in [6.07, 6.45) is 5.50. The fraction of sp³-hybridized carbons (Fsp3) is 0.292. The summed E-state index contributed by atoms with van der Waals surface area (Å²) in [5.74, 6) is 0.258. The molecule has 0 radical (unpaired) electrons. The lowest BCUT2D eigenvalue weighted by molar-refractivity contribution is 0.0956. The number of hydrogen-bond donors (Lipinski definition) is 2. The summed E-state index contributed by atoms with van der Waals surface area (Å²) in [7, 11) is 1.60. The van der Waals surface area contributed by atoms with E-state index in [9.17, 15) is 9.59 Å². The van der Waals surface area contributed by atoms with Crippen molar-refractivity contribution in [3.8, 4) is 5.75 Å². The van der Waals surface area contributed by atoms with Crippen LogP contribution in [0, 0.1) is 0 Å². The topological polar surface area (TPSA) is 86.8 Å². The number of thiazole rings is 1. The summed E-state index contributed by atoms with van der Waals surface area (Å²) in [5.41, 5.74) is 3.40. The van der Waals surface area contributed by atoms with Crippen molar-refractivity contribution in [3.05, 3.63) is 76.6 Å². The van der Waals surface area contributed by atoms with Crippen molar-refractivity contribution in [1.29, 1.82) is 0 Å². The predicted molar refractivity (Wildman–Crippen MR) is 130 cm³/mol. The van der Waals surface area contributed by atoms with Crippen molar-refractivity contribution in [2.45, 2.75) is 13.5 Å². The average Bonchev–Trinajstić information content (AvgIpc) is 3.46. The number of fused-ring (bicyclic) bond motifs is 1. The SMILES string of the molecule is C=C/C=C(\C(=C/C)NC(=O)c1csc(N2Cc3cc(OC)ccc3C2=O)n1)N1CCNCC1. The molecule has 2 amide bonds. The van der Waals surface area contributed by atoms with Gasteiger partial charge in [-0.25, -0.2) is 4.98 Å². The first-order valence-electron chi connectivity index (χ1n) is 10.8. The maximum Gasteiger partial charge on any atom is 0.275 e. The summed E-state index contributed by atoms with van der Waals surface area (Å²) < 4.78 is 5.26. The van der Waals surface area contributed by atoms with Gasteiger partial charge in [0.2, 0.25) is 0 Å². The third-order valence-corrected chi connectivity index (χ3v) is 6.48. The molecule has 172 valence electrons. The summed E-state index contributed by atoms with van der Waals surface area (Å²) in [5, 5.41) is 8.48. The quantitative estimate of drug-likeness (QED) is 0.612. The maximum atomic E-state index is 13.0. The highest BCUT2D eigenvalue weighted by Gasteiger charge is 2.31. The van der Waals surface area contributed by atoms with Gasteiger partial charge in [-0.1, -0.05) is 18.7 Å².